The summed E-state index contributed by atoms with van der Waals surface area (Å²) in [6.45, 7) is 2.58. The Morgan fingerprint density at radius 2 is 2.00 bits per heavy atom. The molecular weight excluding hydrogens is 254 g/mol. The average Bonchev–Trinajstić information content (AvgIpc) is 2.77. The Balaban J connectivity index is 2.00. The Morgan fingerprint density at radius 3 is 2.56 bits per heavy atom. The molecule has 0 amide bonds. The SMILES string of the molecule is CN(CC1(O)CCNC1)S(=O)(=O)N1CCCCC1. The Kier molecular flexibility index (Phi) is 4.28. The second-order valence-electron chi connectivity index (χ2n) is 5.37. The maximum absolute atomic E-state index is 12.3. The van der Waals surface area contributed by atoms with Crippen LogP contribution >= 0.6 is 0 Å². The van der Waals surface area contributed by atoms with Gasteiger partial charge in [0, 0.05) is 33.2 Å². The molecule has 2 rings (SSSR count). The lowest BCUT2D eigenvalue weighted by Gasteiger charge is -2.33. The van der Waals surface area contributed by atoms with E-state index < -0.39 is 15.8 Å². The van der Waals surface area contributed by atoms with Crippen LogP contribution in [0.1, 0.15) is 25.7 Å². The van der Waals surface area contributed by atoms with Gasteiger partial charge >= 0.3 is 0 Å². The molecule has 2 heterocycles. The Morgan fingerprint density at radius 1 is 1.33 bits per heavy atom. The summed E-state index contributed by atoms with van der Waals surface area (Å²) in [5.74, 6) is 0. The first-order chi connectivity index (χ1) is 8.44. The molecule has 2 saturated heterocycles. The lowest BCUT2D eigenvalue weighted by atomic mass is 10.0. The smallest absolute Gasteiger partial charge is 0.281 e. The van der Waals surface area contributed by atoms with Crippen molar-refractivity contribution < 1.29 is 13.5 Å². The van der Waals surface area contributed by atoms with Crippen molar-refractivity contribution in [3.63, 3.8) is 0 Å². The minimum atomic E-state index is -3.41. The molecule has 0 aromatic carbocycles. The van der Waals surface area contributed by atoms with E-state index in [1.165, 1.54) is 8.61 Å². The minimum absolute atomic E-state index is 0.166. The summed E-state index contributed by atoms with van der Waals surface area (Å²) in [6, 6.07) is 0. The van der Waals surface area contributed by atoms with E-state index >= 15 is 0 Å². The first-order valence-electron chi connectivity index (χ1n) is 6.59. The molecule has 1 atom stereocenters. The van der Waals surface area contributed by atoms with Crippen LogP contribution in [-0.2, 0) is 10.2 Å². The highest BCUT2D eigenvalue weighted by Gasteiger charge is 2.37. The molecule has 0 radical (unpaired) electrons. The summed E-state index contributed by atoms with van der Waals surface area (Å²) in [5.41, 5.74) is -0.919. The Hall–Kier alpha value is -0.210. The number of aliphatic hydroxyl groups is 1. The van der Waals surface area contributed by atoms with Crippen molar-refractivity contribution in [1.82, 2.24) is 13.9 Å². The van der Waals surface area contributed by atoms with Gasteiger partial charge < -0.3 is 10.4 Å². The van der Waals surface area contributed by atoms with Crippen LogP contribution in [0.4, 0.5) is 0 Å². The van der Waals surface area contributed by atoms with Crippen molar-refractivity contribution in [3.05, 3.63) is 0 Å². The molecule has 18 heavy (non-hydrogen) atoms. The third-order valence-corrected chi connectivity index (χ3v) is 5.71. The lowest BCUT2D eigenvalue weighted by molar-refractivity contribution is 0.0448. The van der Waals surface area contributed by atoms with Crippen molar-refractivity contribution >= 4 is 10.2 Å². The van der Waals surface area contributed by atoms with Gasteiger partial charge in [-0.05, 0) is 25.8 Å². The van der Waals surface area contributed by atoms with Crippen molar-refractivity contribution in [2.75, 3.05) is 39.8 Å². The van der Waals surface area contributed by atoms with Crippen LogP contribution < -0.4 is 5.32 Å². The van der Waals surface area contributed by atoms with Crippen LogP contribution in [0.15, 0.2) is 0 Å². The number of hydrogen-bond donors (Lipinski definition) is 2. The van der Waals surface area contributed by atoms with Crippen LogP contribution in [0.5, 0.6) is 0 Å². The molecule has 2 aliphatic rings. The standard InChI is InChI=1S/C11H23N3O3S/c1-13(10-11(15)5-6-12-9-11)18(16,17)14-7-3-2-4-8-14/h12,15H,2-10H2,1H3. The van der Waals surface area contributed by atoms with Gasteiger partial charge in [0.25, 0.3) is 10.2 Å². The topological polar surface area (TPSA) is 72.9 Å². The molecular formula is C11H23N3O3S. The fourth-order valence-corrected chi connectivity index (χ4v) is 4.17. The van der Waals surface area contributed by atoms with Crippen molar-refractivity contribution in [1.29, 1.82) is 0 Å². The molecule has 2 aliphatic heterocycles. The molecule has 0 aliphatic carbocycles. The summed E-state index contributed by atoms with van der Waals surface area (Å²) in [7, 11) is -1.85. The first-order valence-corrected chi connectivity index (χ1v) is 7.98. The van der Waals surface area contributed by atoms with E-state index in [1.54, 1.807) is 7.05 Å². The molecule has 0 aromatic rings. The zero-order valence-corrected chi connectivity index (χ0v) is 11.7. The zero-order chi connectivity index (χ0) is 13.2. The second-order valence-corrected chi connectivity index (χ2v) is 7.41. The van der Waals surface area contributed by atoms with Gasteiger partial charge in [0.05, 0.1) is 5.60 Å². The molecule has 106 valence electrons. The third-order valence-electron chi connectivity index (χ3n) is 3.77. The predicted octanol–water partition coefficient (Wildman–Crippen LogP) is -0.627. The number of hydrogen-bond acceptors (Lipinski definition) is 4. The van der Waals surface area contributed by atoms with Crippen LogP contribution in [0.3, 0.4) is 0 Å². The molecule has 6 nitrogen and oxygen atoms in total. The number of nitrogens with zero attached hydrogens (tertiary/aromatic N) is 2. The van der Waals surface area contributed by atoms with E-state index in [-0.39, 0.29) is 6.54 Å². The molecule has 0 spiro atoms. The lowest BCUT2D eigenvalue weighted by Crippen LogP contribution is -2.50. The molecule has 2 N–H and O–H groups in total. The number of β-amino-alcohol motifs (C(OH)–C–C–N with tert-alkyl or cyclic N) is 1. The molecule has 2 fully saturated rings. The first kappa shape index (κ1) is 14.2. The fraction of sp³-hybridized carbons (Fsp3) is 1.00. The number of nitrogens with one attached hydrogen (secondary N) is 1. The van der Waals surface area contributed by atoms with E-state index in [1.807, 2.05) is 0 Å². The molecule has 0 bridgehead atoms. The second kappa shape index (κ2) is 5.42. The van der Waals surface area contributed by atoms with Gasteiger partial charge in [0.2, 0.25) is 0 Å². The van der Waals surface area contributed by atoms with Gasteiger partial charge in [-0.2, -0.15) is 17.0 Å². The zero-order valence-electron chi connectivity index (χ0n) is 10.9. The fourth-order valence-electron chi connectivity index (χ4n) is 2.65. The highest BCUT2D eigenvalue weighted by molar-refractivity contribution is 7.86. The molecule has 0 saturated carbocycles. The summed E-state index contributed by atoms with van der Waals surface area (Å²) in [6.07, 6.45) is 3.56. The Labute approximate surface area is 109 Å². The van der Waals surface area contributed by atoms with E-state index in [0.717, 1.165) is 25.8 Å². The van der Waals surface area contributed by atoms with Crippen molar-refractivity contribution in [3.8, 4) is 0 Å². The maximum atomic E-state index is 12.3. The van der Waals surface area contributed by atoms with Gasteiger partial charge in [-0.15, -0.1) is 0 Å². The molecule has 7 heteroatoms. The van der Waals surface area contributed by atoms with Crippen molar-refractivity contribution in [2.24, 2.45) is 0 Å². The van der Waals surface area contributed by atoms with Gasteiger partial charge in [-0.25, -0.2) is 0 Å². The van der Waals surface area contributed by atoms with E-state index in [9.17, 15) is 13.5 Å². The summed E-state index contributed by atoms with van der Waals surface area (Å²) in [4.78, 5) is 0. The number of piperidine rings is 1. The van der Waals surface area contributed by atoms with E-state index in [0.29, 0.717) is 26.1 Å². The van der Waals surface area contributed by atoms with Gasteiger partial charge in [0.1, 0.15) is 0 Å². The third kappa shape index (κ3) is 3.03. The van der Waals surface area contributed by atoms with Gasteiger partial charge in [-0.1, -0.05) is 6.42 Å². The average molecular weight is 277 g/mol. The summed E-state index contributed by atoms with van der Waals surface area (Å²) < 4.78 is 27.5. The largest absolute Gasteiger partial charge is 0.387 e. The number of likely N-dealkylation sites (N-methyl/N-ethyl adjacent to an activating group) is 1. The van der Waals surface area contributed by atoms with Crippen LogP contribution in [0.25, 0.3) is 0 Å². The maximum Gasteiger partial charge on any atom is 0.281 e. The van der Waals surface area contributed by atoms with Crippen LogP contribution in [0.2, 0.25) is 0 Å². The van der Waals surface area contributed by atoms with E-state index in [4.69, 9.17) is 0 Å². The Bertz CT molecular complexity index is 373. The van der Waals surface area contributed by atoms with Crippen LogP contribution in [-0.4, -0.2) is 67.5 Å². The minimum Gasteiger partial charge on any atom is -0.387 e. The monoisotopic (exact) mass is 277 g/mol. The summed E-state index contributed by atoms with van der Waals surface area (Å²) in [5, 5.41) is 13.3. The van der Waals surface area contributed by atoms with Crippen LogP contribution in [0, 0.1) is 0 Å². The quantitative estimate of drug-likeness (QED) is 0.718. The molecule has 1 unspecified atom stereocenters. The number of rotatable bonds is 4. The highest BCUT2D eigenvalue weighted by Crippen LogP contribution is 2.20. The predicted molar refractivity (Wildman–Crippen MR) is 69.4 cm³/mol. The summed E-state index contributed by atoms with van der Waals surface area (Å²) >= 11 is 0. The molecule has 0 aromatic heterocycles. The van der Waals surface area contributed by atoms with Gasteiger partial charge in [-0.3, -0.25) is 0 Å². The highest BCUT2D eigenvalue weighted by atomic mass is 32.2. The van der Waals surface area contributed by atoms with E-state index in [2.05, 4.69) is 5.32 Å². The normalized spacial score (nSPS) is 31.1. The van der Waals surface area contributed by atoms with Crippen molar-refractivity contribution in [2.45, 2.75) is 31.3 Å². The van der Waals surface area contributed by atoms with Gasteiger partial charge in [0.15, 0.2) is 0 Å².